The summed E-state index contributed by atoms with van der Waals surface area (Å²) in [5.74, 6) is -0.0133. The first kappa shape index (κ1) is 13.8. The normalized spacial score (nSPS) is 19.0. The van der Waals surface area contributed by atoms with Gasteiger partial charge in [0.1, 0.15) is 0 Å². The lowest BCUT2D eigenvalue weighted by molar-refractivity contribution is -0.121. The van der Waals surface area contributed by atoms with E-state index in [2.05, 4.69) is 5.32 Å². The van der Waals surface area contributed by atoms with E-state index >= 15 is 0 Å². The minimum absolute atomic E-state index is 0.00430. The summed E-state index contributed by atoms with van der Waals surface area (Å²) in [6.45, 7) is 1.03. The maximum atomic E-state index is 12.7. The summed E-state index contributed by atoms with van der Waals surface area (Å²) < 4.78 is 0. The zero-order valence-corrected chi connectivity index (χ0v) is 12.3. The molecule has 1 aromatic carbocycles. The molecular weight excluding hydrogens is 284 g/mol. The first-order valence-corrected chi connectivity index (χ1v) is 7.80. The molecule has 0 radical (unpaired) electrons. The third kappa shape index (κ3) is 2.97. The van der Waals surface area contributed by atoms with Crippen LogP contribution in [0.4, 0.5) is 0 Å². The van der Waals surface area contributed by atoms with Gasteiger partial charge in [-0.05, 0) is 17.0 Å². The number of hydrogen-bond donors (Lipinski definition) is 1. The van der Waals surface area contributed by atoms with E-state index in [9.17, 15) is 9.59 Å². The van der Waals surface area contributed by atoms with E-state index in [4.69, 9.17) is 0 Å². The fraction of sp³-hybridized carbons (Fsp3) is 0.250. The van der Waals surface area contributed by atoms with E-state index in [1.54, 1.807) is 4.90 Å². The van der Waals surface area contributed by atoms with Crippen LogP contribution in [0.5, 0.6) is 0 Å². The van der Waals surface area contributed by atoms with Crippen molar-refractivity contribution in [1.82, 2.24) is 10.2 Å². The number of benzene rings is 1. The van der Waals surface area contributed by atoms with Crippen LogP contribution in [0.3, 0.4) is 0 Å². The number of nitrogens with zero attached hydrogens (tertiary/aromatic N) is 1. The fourth-order valence-electron chi connectivity index (χ4n) is 2.59. The van der Waals surface area contributed by atoms with Crippen LogP contribution in [0.2, 0.25) is 0 Å². The summed E-state index contributed by atoms with van der Waals surface area (Å²) in [6.07, 6.45) is 0.307. The van der Waals surface area contributed by atoms with Crippen LogP contribution in [-0.2, 0) is 4.79 Å². The molecule has 3 rings (SSSR count). The third-order valence-corrected chi connectivity index (χ3v) is 4.46. The summed E-state index contributed by atoms with van der Waals surface area (Å²) >= 11 is 1.43. The van der Waals surface area contributed by atoms with E-state index in [-0.39, 0.29) is 17.9 Å². The number of carbonyl (C=O) groups excluding carboxylic acids is 2. The zero-order valence-electron chi connectivity index (χ0n) is 11.5. The predicted octanol–water partition coefficient (Wildman–Crippen LogP) is 2.45. The van der Waals surface area contributed by atoms with Crippen molar-refractivity contribution in [1.29, 1.82) is 0 Å². The third-order valence-electron chi connectivity index (χ3n) is 3.61. The highest BCUT2D eigenvalue weighted by molar-refractivity contribution is 7.12. The molecule has 1 aliphatic heterocycles. The average molecular weight is 300 g/mol. The number of nitrogens with one attached hydrogen (secondary N) is 1. The van der Waals surface area contributed by atoms with Gasteiger partial charge in [-0.1, -0.05) is 36.4 Å². The number of carbonyl (C=O) groups is 2. The van der Waals surface area contributed by atoms with E-state index in [1.807, 2.05) is 47.8 Å². The van der Waals surface area contributed by atoms with E-state index in [0.29, 0.717) is 24.4 Å². The minimum atomic E-state index is -0.205. The Labute approximate surface area is 127 Å². The average Bonchev–Trinajstić information content (AvgIpc) is 2.97. The van der Waals surface area contributed by atoms with Gasteiger partial charge in [-0.2, -0.15) is 0 Å². The monoisotopic (exact) mass is 300 g/mol. The van der Waals surface area contributed by atoms with Crippen LogP contribution >= 0.6 is 11.3 Å². The quantitative estimate of drug-likeness (QED) is 0.926. The summed E-state index contributed by atoms with van der Waals surface area (Å²) in [5, 5.41) is 4.74. The van der Waals surface area contributed by atoms with Gasteiger partial charge in [0.2, 0.25) is 5.91 Å². The predicted molar refractivity (Wildman–Crippen MR) is 82.2 cm³/mol. The van der Waals surface area contributed by atoms with Gasteiger partial charge < -0.3 is 10.2 Å². The highest BCUT2D eigenvalue weighted by atomic mass is 32.1. The summed E-state index contributed by atoms with van der Waals surface area (Å²) in [7, 11) is 0. The summed E-state index contributed by atoms with van der Waals surface area (Å²) in [5.41, 5.74) is 0.999. The molecule has 2 aromatic rings. The molecule has 1 aliphatic rings. The van der Waals surface area contributed by atoms with Crippen LogP contribution in [0, 0.1) is 0 Å². The van der Waals surface area contributed by atoms with Gasteiger partial charge in [-0.3, -0.25) is 9.59 Å². The van der Waals surface area contributed by atoms with Crippen LogP contribution in [-0.4, -0.2) is 29.8 Å². The zero-order chi connectivity index (χ0) is 14.7. The molecule has 4 nitrogen and oxygen atoms in total. The summed E-state index contributed by atoms with van der Waals surface area (Å²) in [6, 6.07) is 13.2. The van der Waals surface area contributed by atoms with Crippen LogP contribution < -0.4 is 5.32 Å². The number of hydrogen-bond acceptors (Lipinski definition) is 3. The van der Waals surface area contributed by atoms with Crippen molar-refractivity contribution in [3.8, 4) is 0 Å². The van der Waals surface area contributed by atoms with Crippen molar-refractivity contribution in [3.63, 3.8) is 0 Å². The second-order valence-corrected chi connectivity index (χ2v) is 5.90. The molecular formula is C16H16N2O2S. The molecule has 5 heteroatoms. The van der Waals surface area contributed by atoms with Gasteiger partial charge in [0.25, 0.3) is 5.91 Å². The minimum Gasteiger partial charge on any atom is -0.354 e. The Morgan fingerprint density at radius 1 is 1.19 bits per heavy atom. The molecule has 0 bridgehead atoms. The molecule has 0 spiro atoms. The number of thiophene rings is 1. The maximum absolute atomic E-state index is 12.7. The van der Waals surface area contributed by atoms with E-state index in [0.717, 1.165) is 5.56 Å². The standard InChI is InChI=1S/C16H16N2O2S/c19-15-11-13(12-5-2-1-3-6-12)18(9-8-17-15)16(20)14-7-4-10-21-14/h1-7,10,13H,8-9,11H2,(H,17,19). The lowest BCUT2D eigenvalue weighted by Crippen LogP contribution is -2.36. The molecule has 1 fully saturated rings. The van der Waals surface area contributed by atoms with Crippen LogP contribution in [0.25, 0.3) is 0 Å². The molecule has 1 saturated heterocycles. The van der Waals surface area contributed by atoms with Crippen molar-refractivity contribution in [3.05, 3.63) is 58.3 Å². The lowest BCUT2D eigenvalue weighted by atomic mass is 10.0. The SMILES string of the molecule is O=C1CC(c2ccccc2)N(C(=O)c2cccs2)CCN1. The second-order valence-electron chi connectivity index (χ2n) is 4.96. The molecule has 2 amide bonds. The van der Waals surface area contributed by atoms with Gasteiger partial charge in [-0.15, -0.1) is 11.3 Å². The van der Waals surface area contributed by atoms with Crippen molar-refractivity contribution in [2.75, 3.05) is 13.1 Å². The molecule has 1 atom stereocenters. The molecule has 1 N–H and O–H groups in total. The molecule has 21 heavy (non-hydrogen) atoms. The highest BCUT2D eigenvalue weighted by Crippen LogP contribution is 2.28. The highest BCUT2D eigenvalue weighted by Gasteiger charge is 2.30. The Morgan fingerprint density at radius 3 is 2.71 bits per heavy atom. The van der Waals surface area contributed by atoms with Gasteiger partial charge in [0, 0.05) is 13.1 Å². The van der Waals surface area contributed by atoms with Gasteiger partial charge in [-0.25, -0.2) is 0 Å². The first-order valence-electron chi connectivity index (χ1n) is 6.92. The summed E-state index contributed by atoms with van der Waals surface area (Å²) in [4.78, 5) is 27.1. The maximum Gasteiger partial charge on any atom is 0.264 e. The Balaban J connectivity index is 1.94. The van der Waals surface area contributed by atoms with Crippen LogP contribution in [0.1, 0.15) is 27.7 Å². The molecule has 2 heterocycles. The van der Waals surface area contributed by atoms with Gasteiger partial charge >= 0.3 is 0 Å². The van der Waals surface area contributed by atoms with Crippen LogP contribution in [0.15, 0.2) is 47.8 Å². The number of amides is 2. The molecule has 1 unspecified atom stereocenters. The fourth-order valence-corrected chi connectivity index (χ4v) is 3.27. The molecule has 0 saturated carbocycles. The van der Waals surface area contributed by atoms with Gasteiger partial charge in [0.05, 0.1) is 17.3 Å². The molecule has 0 aliphatic carbocycles. The van der Waals surface area contributed by atoms with Crippen molar-refractivity contribution < 1.29 is 9.59 Å². The van der Waals surface area contributed by atoms with Crippen molar-refractivity contribution in [2.45, 2.75) is 12.5 Å². The van der Waals surface area contributed by atoms with E-state index in [1.165, 1.54) is 11.3 Å². The Hall–Kier alpha value is -2.14. The second kappa shape index (κ2) is 6.10. The first-order chi connectivity index (χ1) is 10.3. The van der Waals surface area contributed by atoms with Crippen molar-refractivity contribution in [2.24, 2.45) is 0 Å². The molecule has 1 aromatic heterocycles. The largest absolute Gasteiger partial charge is 0.354 e. The smallest absolute Gasteiger partial charge is 0.264 e. The lowest BCUT2D eigenvalue weighted by Gasteiger charge is -2.29. The Bertz CT molecular complexity index is 625. The van der Waals surface area contributed by atoms with Gasteiger partial charge in [0.15, 0.2) is 0 Å². The van der Waals surface area contributed by atoms with Crippen molar-refractivity contribution >= 4 is 23.2 Å². The Morgan fingerprint density at radius 2 is 2.00 bits per heavy atom. The topological polar surface area (TPSA) is 49.4 Å². The number of rotatable bonds is 2. The molecule has 108 valence electrons. The Kier molecular flexibility index (Phi) is 4.01. The van der Waals surface area contributed by atoms with E-state index < -0.39 is 0 Å².